The summed E-state index contributed by atoms with van der Waals surface area (Å²) in [4.78, 5) is 13.5. The second-order valence-corrected chi connectivity index (χ2v) is 3.30. The Labute approximate surface area is 77.5 Å². The molecule has 1 aromatic rings. The normalized spacial score (nSPS) is 15.1. The molecule has 0 amide bonds. The fourth-order valence-electron chi connectivity index (χ4n) is 1.67. The van der Waals surface area contributed by atoms with Gasteiger partial charge in [-0.25, -0.2) is 0 Å². The Bertz CT molecular complexity index is 407. The molecular weight excluding hydrogens is 162 g/mol. The van der Waals surface area contributed by atoms with E-state index in [1.54, 1.807) is 0 Å². The number of allylic oxidation sites excluding steroid dienone is 1. The predicted octanol–water partition coefficient (Wildman–Crippen LogP) is 2.14. The SMILES string of the molecule is C=C1C(=O)c2c(C)cccc2N1C. The molecule has 2 rings (SSSR count). The first kappa shape index (κ1) is 8.05. The van der Waals surface area contributed by atoms with E-state index in [9.17, 15) is 4.79 Å². The van der Waals surface area contributed by atoms with Crippen LogP contribution in [0, 0.1) is 6.92 Å². The summed E-state index contributed by atoms with van der Waals surface area (Å²) in [6, 6.07) is 5.85. The van der Waals surface area contributed by atoms with Gasteiger partial charge in [0.05, 0.1) is 16.9 Å². The number of hydrogen-bond acceptors (Lipinski definition) is 2. The van der Waals surface area contributed by atoms with Gasteiger partial charge in [-0.3, -0.25) is 4.79 Å². The summed E-state index contributed by atoms with van der Waals surface area (Å²) in [6.45, 7) is 5.70. The van der Waals surface area contributed by atoms with Crippen molar-refractivity contribution < 1.29 is 4.79 Å². The Balaban J connectivity index is 2.73. The van der Waals surface area contributed by atoms with Crippen LogP contribution in [-0.4, -0.2) is 12.8 Å². The minimum absolute atomic E-state index is 0.0515. The molecule has 0 bridgehead atoms. The number of likely N-dealkylation sites (N-methyl/N-ethyl adjacent to an activating group) is 1. The molecular formula is C11H11NO. The van der Waals surface area contributed by atoms with E-state index < -0.39 is 0 Å². The van der Waals surface area contributed by atoms with Crippen molar-refractivity contribution in [1.82, 2.24) is 0 Å². The lowest BCUT2D eigenvalue weighted by Crippen LogP contribution is -2.12. The molecule has 0 fully saturated rings. The molecule has 0 unspecified atom stereocenters. The van der Waals surface area contributed by atoms with Gasteiger partial charge in [0.2, 0.25) is 5.78 Å². The number of aryl methyl sites for hydroxylation is 1. The zero-order valence-corrected chi connectivity index (χ0v) is 7.79. The first-order valence-electron chi connectivity index (χ1n) is 4.20. The van der Waals surface area contributed by atoms with Gasteiger partial charge in [0.15, 0.2) is 0 Å². The maximum atomic E-state index is 11.7. The minimum Gasteiger partial charge on any atom is -0.341 e. The standard InChI is InChI=1S/C11H11NO/c1-7-5-4-6-9-10(7)11(13)8(2)12(9)3/h4-6H,2H2,1,3H3. The van der Waals surface area contributed by atoms with Gasteiger partial charge < -0.3 is 4.90 Å². The van der Waals surface area contributed by atoms with Crippen LogP contribution in [0.5, 0.6) is 0 Å². The third-order valence-electron chi connectivity index (χ3n) is 2.51. The molecule has 2 heteroatoms. The van der Waals surface area contributed by atoms with Crippen LogP contribution < -0.4 is 4.90 Å². The molecule has 0 radical (unpaired) electrons. The molecule has 13 heavy (non-hydrogen) atoms. The zero-order valence-electron chi connectivity index (χ0n) is 7.79. The van der Waals surface area contributed by atoms with Crippen molar-refractivity contribution in [2.45, 2.75) is 6.92 Å². The van der Waals surface area contributed by atoms with Crippen molar-refractivity contribution in [3.63, 3.8) is 0 Å². The zero-order chi connectivity index (χ0) is 9.59. The number of hydrogen-bond donors (Lipinski definition) is 0. The summed E-state index contributed by atoms with van der Waals surface area (Å²) in [7, 11) is 1.87. The molecule has 0 N–H and O–H groups in total. The average molecular weight is 173 g/mol. The van der Waals surface area contributed by atoms with Crippen LogP contribution >= 0.6 is 0 Å². The third-order valence-corrected chi connectivity index (χ3v) is 2.51. The predicted molar refractivity (Wildman–Crippen MR) is 53.1 cm³/mol. The Hall–Kier alpha value is -1.57. The highest BCUT2D eigenvalue weighted by atomic mass is 16.1. The van der Waals surface area contributed by atoms with Crippen LogP contribution in [0.2, 0.25) is 0 Å². The van der Waals surface area contributed by atoms with E-state index in [2.05, 4.69) is 6.58 Å². The molecule has 0 aliphatic carbocycles. The second kappa shape index (κ2) is 2.46. The lowest BCUT2D eigenvalue weighted by atomic mass is 10.1. The largest absolute Gasteiger partial charge is 0.341 e. The molecule has 66 valence electrons. The van der Waals surface area contributed by atoms with Gasteiger partial charge in [0, 0.05) is 7.05 Å². The van der Waals surface area contributed by atoms with Gasteiger partial charge in [-0.2, -0.15) is 0 Å². The summed E-state index contributed by atoms with van der Waals surface area (Å²) in [5.41, 5.74) is 3.35. The summed E-state index contributed by atoms with van der Waals surface area (Å²) < 4.78 is 0. The highest BCUT2D eigenvalue weighted by Gasteiger charge is 2.28. The van der Waals surface area contributed by atoms with Gasteiger partial charge in [0.1, 0.15) is 0 Å². The number of nitrogens with zero attached hydrogens (tertiary/aromatic N) is 1. The molecule has 0 aromatic heterocycles. The van der Waals surface area contributed by atoms with Crippen LogP contribution in [0.25, 0.3) is 0 Å². The maximum absolute atomic E-state index is 11.7. The molecule has 1 heterocycles. The molecule has 0 spiro atoms. The van der Waals surface area contributed by atoms with E-state index >= 15 is 0 Å². The molecule has 1 aromatic carbocycles. The van der Waals surface area contributed by atoms with E-state index in [1.165, 1.54) is 0 Å². The number of fused-ring (bicyclic) bond motifs is 1. The van der Waals surface area contributed by atoms with Crippen molar-refractivity contribution in [3.8, 4) is 0 Å². The second-order valence-electron chi connectivity index (χ2n) is 3.30. The molecule has 1 aliphatic rings. The number of carbonyl (C=O) groups is 1. The fourth-order valence-corrected chi connectivity index (χ4v) is 1.67. The van der Waals surface area contributed by atoms with Gasteiger partial charge >= 0.3 is 0 Å². The van der Waals surface area contributed by atoms with Crippen LogP contribution in [-0.2, 0) is 0 Å². The molecule has 1 aliphatic heterocycles. The maximum Gasteiger partial charge on any atom is 0.211 e. The van der Waals surface area contributed by atoms with Gasteiger partial charge in [-0.05, 0) is 18.6 Å². The van der Waals surface area contributed by atoms with Gasteiger partial charge in [0.25, 0.3) is 0 Å². The van der Waals surface area contributed by atoms with Crippen LogP contribution in [0.3, 0.4) is 0 Å². The van der Waals surface area contributed by atoms with Crippen molar-refractivity contribution in [2.75, 3.05) is 11.9 Å². The van der Waals surface area contributed by atoms with Gasteiger partial charge in [-0.15, -0.1) is 0 Å². The highest BCUT2D eigenvalue weighted by Crippen LogP contribution is 2.33. The smallest absolute Gasteiger partial charge is 0.211 e. The number of rotatable bonds is 0. The lowest BCUT2D eigenvalue weighted by Gasteiger charge is -2.11. The molecule has 0 atom stereocenters. The number of benzene rings is 1. The quantitative estimate of drug-likeness (QED) is 0.560. The number of carbonyl (C=O) groups excluding carboxylic acids is 1. The average Bonchev–Trinajstić information content (AvgIpc) is 2.33. The van der Waals surface area contributed by atoms with E-state index in [4.69, 9.17) is 0 Å². The summed E-state index contributed by atoms with van der Waals surface area (Å²) in [5, 5.41) is 0. The van der Waals surface area contributed by atoms with E-state index in [1.807, 2.05) is 37.1 Å². The van der Waals surface area contributed by atoms with Crippen LogP contribution in [0.15, 0.2) is 30.5 Å². The monoisotopic (exact) mass is 173 g/mol. The first-order chi connectivity index (χ1) is 6.13. The van der Waals surface area contributed by atoms with E-state index in [0.717, 1.165) is 16.8 Å². The lowest BCUT2D eigenvalue weighted by molar-refractivity contribution is 0.103. The van der Waals surface area contributed by atoms with Crippen molar-refractivity contribution in [3.05, 3.63) is 41.6 Å². The highest BCUT2D eigenvalue weighted by molar-refractivity contribution is 6.19. The molecule has 2 nitrogen and oxygen atoms in total. The van der Waals surface area contributed by atoms with Crippen molar-refractivity contribution >= 4 is 11.5 Å². The Kier molecular flexibility index (Phi) is 1.52. The van der Waals surface area contributed by atoms with E-state index in [0.29, 0.717) is 5.70 Å². The summed E-state index contributed by atoms with van der Waals surface area (Å²) in [5.74, 6) is 0.0515. The number of Topliss-reactive ketones (excluding diaryl/α,β-unsaturated/α-hetero) is 1. The Morgan fingerprint density at radius 2 is 2.08 bits per heavy atom. The van der Waals surface area contributed by atoms with Crippen LogP contribution in [0.1, 0.15) is 15.9 Å². The van der Waals surface area contributed by atoms with Crippen LogP contribution in [0.4, 0.5) is 5.69 Å². The van der Waals surface area contributed by atoms with Gasteiger partial charge in [-0.1, -0.05) is 18.7 Å². The third kappa shape index (κ3) is 0.917. The summed E-state index contributed by atoms with van der Waals surface area (Å²) >= 11 is 0. The Morgan fingerprint density at radius 1 is 1.38 bits per heavy atom. The number of anilines is 1. The molecule has 0 saturated heterocycles. The van der Waals surface area contributed by atoms with Crippen molar-refractivity contribution in [1.29, 1.82) is 0 Å². The topological polar surface area (TPSA) is 20.3 Å². The van der Waals surface area contributed by atoms with Crippen molar-refractivity contribution in [2.24, 2.45) is 0 Å². The first-order valence-corrected chi connectivity index (χ1v) is 4.20. The Morgan fingerprint density at radius 3 is 2.69 bits per heavy atom. The minimum atomic E-state index is 0.0515. The molecule has 0 saturated carbocycles. The fraction of sp³-hybridized carbons (Fsp3) is 0.182. The number of ketones is 1. The summed E-state index contributed by atoms with van der Waals surface area (Å²) in [6.07, 6.45) is 0. The van der Waals surface area contributed by atoms with E-state index in [-0.39, 0.29) is 5.78 Å².